The first-order valence-corrected chi connectivity index (χ1v) is 16.7. The molecule has 0 aliphatic carbocycles. The predicted molar refractivity (Wildman–Crippen MR) is 157 cm³/mol. The van der Waals surface area contributed by atoms with Gasteiger partial charge in [-0.3, -0.25) is 0 Å². The van der Waals surface area contributed by atoms with Gasteiger partial charge in [-0.25, -0.2) is 0 Å². The number of unbranched alkanes of at least 4 members (excludes halogenated alkanes) is 16. The van der Waals surface area contributed by atoms with Crippen LogP contribution in [0.3, 0.4) is 0 Å². The van der Waals surface area contributed by atoms with Gasteiger partial charge in [0.05, 0.1) is 31.8 Å². The van der Waals surface area contributed by atoms with Crippen LogP contribution in [0.1, 0.15) is 129 Å². The van der Waals surface area contributed by atoms with Crippen molar-refractivity contribution in [1.82, 2.24) is 4.90 Å². The molecule has 0 amide bonds. The number of rotatable bonds is 26. The normalized spacial score (nSPS) is 19.6. The van der Waals surface area contributed by atoms with E-state index >= 15 is 0 Å². The van der Waals surface area contributed by atoms with Crippen LogP contribution in [-0.2, 0) is 14.2 Å². The first-order chi connectivity index (χ1) is 17.9. The third kappa shape index (κ3) is 18.1. The van der Waals surface area contributed by atoms with Crippen LogP contribution in [0.5, 0.6) is 0 Å². The Morgan fingerprint density at radius 1 is 0.722 bits per heavy atom. The van der Waals surface area contributed by atoms with Gasteiger partial charge in [-0.1, -0.05) is 103 Å². The SMILES string of the molecule is CCCCCCCCCCCCCCCCOCC1CC(COCCCCCCN2C=CSC2)CO1. The molecule has 2 atom stereocenters. The van der Waals surface area contributed by atoms with Gasteiger partial charge >= 0.3 is 0 Å². The molecule has 0 bridgehead atoms. The van der Waals surface area contributed by atoms with E-state index < -0.39 is 0 Å². The Morgan fingerprint density at radius 3 is 1.86 bits per heavy atom. The van der Waals surface area contributed by atoms with Crippen LogP contribution in [-0.4, -0.2) is 56.5 Å². The lowest BCUT2D eigenvalue weighted by Gasteiger charge is -2.14. The maximum atomic E-state index is 5.94. The second kappa shape index (κ2) is 23.9. The molecule has 5 heteroatoms. The molecular formula is C31H59NO3S. The summed E-state index contributed by atoms with van der Waals surface area (Å²) >= 11 is 1.89. The van der Waals surface area contributed by atoms with E-state index in [1.54, 1.807) is 0 Å². The Morgan fingerprint density at radius 2 is 1.28 bits per heavy atom. The molecule has 2 aliphatic heterocycles. The summed E-state index contributed by atoms with van der Waals surface area (Å²) in [6, 6.07) is 0. The van der Waals surface area contributed by atoms with E-state index in [0.717, 1.165) is 45.3 Å². The summed E-state index contributed by atoms with van der Waals surface area (Å²) in [5, 5.41) is 2.19. The standard InChI is InChI=1S/C31H59NO3S/c1-2-3-4-5-6-7-8-9-10-11-12-13-15-18-23-34-28-31-25-30(27-35-31)26-33-22-19-16-14-17-20-32-21-24-36-29-32/h21,24,30-31H,2-20,22-23,25-29H2,1H3. The zero-order chi connectivity index (χ0) is 25.4. The quantitative estimate of drug-likeness (QED) is 0.105. The maximum Gasteiger partial charge on any atom is 0.0813 e. The van der Waals surface area contributed by atoms with Crippen LogP contribution >= 0.6 is 11.8 Å². The summed E-state index contributed by atoms with van der Waals surface area (Å²) in [4.78, 5) is 2.40. The van der Waals surface area contributed by atoms with Gasteiger partial charge in [0.25, 0.3) is 0 Å². The van der Waals surface area contributed by atoms with E-state index in [4.69, 9.17) is 14.2 Å². The summed E-state index contributed by atoms with van der Waals surface area (Å²) in [5.74, 6) is 1.69. The topological polar surface area (TPSA) is 30.9 Å². The highest BCUT2D eigenvalue weighted by Crippen LogP contribution is 2.21. The molecule has 2 aliphatic rings. The van der Waals surface area contributed by atoms with Gasteiger partial charge in [0.2, 0.25) is 0 Å². The molecule has 212 valence electrons. The van der Waals surface area contributed by atoms with Gasteiger partial charge < -0.3 is 19.1 Å². The minimum absolute atomic E-state index is 0.281. The highest BCUT2D eigenvalue weighted by atomic mass is 32.2. The van der Waals surface area contributed by atoms with Crippen LogP contribution in [0.25, 0.3) is 0 Å². The molecule has 1 saturated heterocycles. The third-order valence-electron chi connectivity index (χ3n) is 7.56. The molecule has 0 saturated carbocycles. The van der Waals surface area contributed by atoms with Crippen LogP contribution in [0, 0.1) is 5.92 Å². The number of thioether (sulfide) groups is 1. The molecule has 0 radical (unpaired) electrons. The van der Waals surface area contributed by atoms with Gasteiger partial charge in [-0.05, 0) is 31.1 Å². The van der Waals surface area contributed by atoms with E-state index in [2.05, 4.69) is 23.4 Å². The van der Waals surface area contributed by atoms with Gasteiger partial charge in [0, 0.05) is 31.9 Å². The average molecular weight is 526 g/mol. The van der Waals surface area contributed by atoms with Crippen molar-refractivity contribution >= 4 is 11.8 Å². The van der Waals surface area contributed by atoms with Crippen molar-refractivity contribution < 1.29 is 14.2 Å². The number of hydrogen-bond acceptors (Lipinski definition) is 5. The van der Waals surface area contributed by atoms with Crippen molar-refractivity contribution in [2.24, 2.45) is 5.92 Å². The lowest BCUT2D eigenvalue weighted by molar-refractivity contribution is 0.0141. The predicted octanol–water partition coefficient (Wildman–Crippen LogP) is 8.94. The fraction of sp³-hybridized carbons (Fsp3) is 0.935. The molecule has 0 aromatic heterocycles. The largest absolute Gasteiger partial charge is 0.381 e. The van der Waals surface area contributed by atoms with E-state index in [1.807, 2.05) is 11.8 Å². The Labute approximate surface area is 228 Å². The summed E-state index contributed by atoms with van der Waals surface area (Å²) in [6.45, 7) is 7.75. The second-order valence-electron chi connectivity index (χ2n) is 11.1. The summed E-state index contributed by atoms with van der Waals surface area (Å²) in [5.41, 5.74) is 0. The third-order valence-corrected chi connectivity index (χ3v) is 8.35. The molecule has 0 N–H and O–H groups in total. The number of hydrogen-bond donors (Lipinski definition) is 0. The lowest BCUT2D eigenvalue weighted by atomic mass is 10.0. The first-order valence-electron chi connectivity index (χ1n) is 15.7. The monoisotopic (exact) mass is 525 g/mol. The van der Waals surface area contributed by atoms with E-state index in [9.17, 15) is 0 Å². The van der Waals surface area contributed by atoms with Crippen molar-refractivity contribution in [2.75, 3.05) is 45.5 Å². The molecule has 36 heavy (non-hydrogen) atoms. The molecule has 0 aromatic carbocycles. The molecule has 0 aromatic rings. The van der Waals surface area contributed by atoms with Crippen LogP contribution in [0.2, 0.25) is 0 Å². The Balaban J connectivity index is 1.24. The number of nitrogens with zero attached hydrogens (tertiary/aromatic N) is 1. The lowest BCUT2D eigenvalue weighted by Crippen LogP contribution is -2.15. The van der Waals surface area contributed by atoms with Gasteiger partial charge in [-0.15, -0.1) is 11.8 Å². The van der Waals surface area contributed by atoms with E-state index in [0.29, 0.717) is 5.92 Å². The zero-order valence-electron chi connectivity index (χ0n) is 23.8. The highest BCUT2D eigenvalue weighted by Gasteiger charge is 2.25. The molecule has 2 rings (SSSR count). The Kier molecular flexibility index (Phi) is 21.2. The van der Waals surface area contributed by atoms with E-state index in [1.165, 1.54) is 122 Å². The molecular weight excluding hydrogens is 466 g/mol. The summed E-state index contributed by atoms with van der Waals surface area (Å²) in [7, 11) is 0. The Bertz CT molecular complexity index is 504. The van der Waals surface area contributed by atoms with Crippen molar-refractivity contribution in [3.63, 3.8) is 0 Å². The smallest absolute Gasteiger partial charge is 0.0813 e. The van der Waals surface area contributed by atoms with Gasteiger partial charge in [-0.2, -0.15) is 0 Å². The summed E-state index contributed by atoms with van der Waals surface area (Å²) < 4.78 is 17.8. The maximum absolute atomic E-state index is 5.94. The molecule has 4 nitrogen and oxygen atoms in total. The average Bonchev–Trinajstić information content (AvgIpc) is 3.58. The summed E-state index contributed by atoms with van der Waals surface area (Å²) in [6.07, 6.45) is 28.3. The molecule has 1 fully saturated rings. The minimum atomic E-state index is 0.281. The molecule has 0 spiro atoms. The first kappa shape index (κ1) is 32.0. The van der Waals surface area contributed by atoms with Crippen molar-refractivity contribution in [3.8, 4) is 0 Å². The second-order valence-corrected chi connectivity index (χ2v) is 12.0. The van der Waals surface area contributed by atoms with Crippen LogP contribution in [0.4, 0.5) is 0 Å². The molecule has 2 heterocycles. The Hall–Kier alpha value is -0.230. The minimum Gasteiger partial charge on any atom is -0.381 e. The van der Waals surface area contributed by atoms with Crippen LogP contribution < -0.4 is 0 Å². The van der Waals surface area contributed by atoms with Crippen molar-refractivity contribution in [3.05, 3.63) is 11.6 Å². The fourth-order valence-corrected chi connectivity index (χ4v) is 5.95. The van der Waals surface area contributed by atoms with Gasteiger partial charge in [0.1, 0.15) is 0 Å². The fourth-order valence-electron chi connectivity index (χ4n) is 5.20. The zero-order valence-corrected chi connectivity index (χ0v) is 24.6. The van der Waals surface area contributed by atoms with Crippen LogP contribution in [0.15, 0.2) is 11.6 Å². The van der Waals surface area contributed by atoms with Gasteiger partial charge in [0.15, 0.2) is 0 Å². The van der Waals surface area contributed by atoms with Crippen molar-refractivity contribution in [1.29, 1.82) is 0 Å². The molecule has 2 unspecified atom stereocenters. The van der Waals surface area contributed by atoms with Crippen molar-refractivity contribution in [2.45, 2.75) is 135 Å². The number of ether oxygens (including phenoxy) is 3. The highest BCUT2D eigenvalue weighted by molar-refractivity contribution is 8.02. The van der Waals surface area contributed by atoms with E-state index in [-0.39, 0.29) is 6.10 Å².